The second-order valence-corrected chi connectivity index (χ2v) is 6.71. The van der Waals surface area contributed by atoms with Crippen LogP contribution in [-0.4, -0.2) is 35.8 Å². The first-order chi connectivity index (χ1) is 9.83. The largest absolute Gasteiger partial charge is 0.444 e. The Hall–Kier alpha value is -1.49. The number of anilines is 1. The van der Waals surface area contributed by atoms with Gasteiger partial charge in [0.15, 0.2) is 0 Å². The molecule has 1 N–H and O–H groups in total. The quantitative estimate of drug-likeness (QED) is 0.911. The second-order valence-electron chi connectivity index (χ2n) is 6.27. The Bertz CT molecular complexity index is 494. The van der Waals surface area contributed by atoms with Crippen molar-refractivity contribution in [1.29, 1.82) is 0 Å². The van der Waals surface area contributed by atoms with Gasteiger partial charge in [-0.05, 0) is 39.7 Å². The average Bonchev–Trinajstić information content (AvgIpc) is 2.37. The van der Waals surface area contributed by atoms with E-state index in [0.717, 1.165) is 31.6 Å². The molecule has 1 amide bonds. The average molecular weight is 312 g/mol. The summed E-state index contributed by atoms with van der Waals surface area (Å²) in [4.78, 5) is 18.1. The summed E-state index contributed by atoms with van der Waals surface area (Å²) in [5.74, 6) is 0. The number of alkyl carbamates (subject to hydrolysis) is 1. The van der Waals surface area contributed by atoms with Crippen molar-refractivity contribution in [2.75, 3.05) is 18.0 Å². The maximum Gasteiger partial charge on any atom is 0.407 e. The van der Waals surface area contributed by atoms with Crippen LogP contribution in [0.2, 0.25) is 5.02 Å². The molecule has 5 nitrogen and oxygen atoms in total. The zero-order valence-electron chi connectivity index (χ0n) is 12.7. The fourth-order valence-electron chi connectivity index (χ4n) is 2.33. The summed E-state index contributed by atoms with van der Waals surface area (Å²) >= 11 is 5.96. The SMILES string of the molecule is CC(C)(C)OC(=O)NC1CCN(c2cncc(Cl)c2)CC1. The number of rotatable bonds is 2. The van der Waals surface area contributed by atoms with Crippen LogP contribution < -0.4 is 10.2 Å². The monoisotopic (exact) mass is 311 g/mol. The van der Waals surface area contributed by atoms with Crippen molar-refractivity contribution in [2.24, 2.45) is 0 Å². The molecule has 2 rings (SSSR count). The Labute approximate surface area is 130 Å². The summed E-state index contributed by atoms with van der Waals surface area (Å²) in [6.45, 7) is 7.31. The number of amides is 1. The Balaban J connectivity index is 1.82. The summed E-state index contributed by atoms with van der Waals surface area (Å²) in [6, 6.07) is 2.07. The first kappa shape index (κ1) is 15.9. The van der Waals surface area contributed by atoms with Gasteiger partial charge in [-0.1, -0.05) is 11.6 Å². The van der Waals surface area contributed by atoms with E-state index in [1.807, 2.05) is 33.0 Å². The molecule has 0 radical (unpaired) electrons. The van der Waals surface area contributed by atoms with E-state index in [0.29, 0.717) is 5.02 Å². The lowest BCUT2D eigenvalue weighted by atomic mass is 10.0. The van der Waals surface area contributed by atoms with Gasteiger partial charge in [-0.3, -0.25) is 4.98 Å². The molecule has 1 aromatic heterocycles. The van der Waals surface area contributed by atoms with E-state index in [-0.39, 0.29) is 12.1 Å². The molecule has 1 aliphatic rings. The van der Waals surface area contributed by atoms with Gasteiger partial charge in [0.2, 0.25) is 0 Å². The van der Waals surface area contributed by atoms with Gasteiger partial charge in [-0.15, -0.1) is 0 Å². The normalized spacial score (nSPS) is 16.7. The first-order valence-corrected chi connectivity index (χ1v) is 7.56. The zero-order chi connectivity index (χ0) is 15.5. The number of halogens is 1. The molecule has 0 spiro atoms. The summed E-state index contributed by atoms with van der Waals surface area (Å²) in [6.07, 6.45) is 4.86. The summed E-state index contributed by atoms with van der Waals surface area (Å²) in [5, 5.41) is 3.57. The minimum atomic E-state index is -0.461. The van der Waals surface area contributed by atoms with Crippen LogP contribution in [0.5, 0.6) is 0 Å². The number of nitrogens with one attached hydrogen (secondary N) is 1. The van der Waals surface area contributed by atoms with Gasteiger partial charge in [0.05, 0.1) is 16.9 Å². The first-order valence-electron chi connectivity index (χ1n) is 7.18. The number of nitrogens with zero attached hydrogens (tertiary/aromatic N) is 2. The zero-order valence-corrected chi connectivity index (χ0v) is 13.5. The van der Waals surface area contributed by atoms with Crippen molar-refractivity contribution in [1.82, 2.24) is 10.3 Å². The number of carbonyl (C=O) groups is 1. The lowest BCUT2D eigenvalue weighted by Crippen LogP contribution is -2.46. The summed E-state index contributed by atoms with van der Waals surface area (Å²) in [5.41, 5.74) is 0.565. The fraction of sp³-hybridized carbons (Fsp3) is 0.600. The van der Waals surface area contributed by atoms with Crippen molar-refractivity contribution in [3.05, 3.63) is 23.5 Å². The van der Waals surface area contributed by atoms with E-state index < -0.39 is 5.60 Å². The molecule has 0 aliphatic carbocycles. The number of ether oxygens (including phenoxy) is 1. The molecule has 0 bridgehead atoms. The topological polar surface area (TPSA) is 54.5 Å². The van der Waals surface area contributed by atoms with E-state index >= 15 is 0 Å². The van der Waals surface area contributed by atoms with Crippen LogP contribution in [-0.2, 0) is 4.74 Å². The molecule has 21 heavy (non-hydrogen) atoms. The Kier molecular flexibility index (Phi) is 4.93. The standard InChI is InChI=1S/C15H22ClN3O2/c1-15(2,3)21-14(20)18-12-4-6-19(7-5-12)13-8-11(16)9-17-10-13/h8-10,12H,4-7H2,1-3H3,(H,18,20). The number of hydrogen-bond donors (Lipinski definition) is 1. The van der Waals surface area contributed by atoms with Gasteiger partial charge in [0.1, 0.15) is 5.60 Å². The van der Waals surface area contributed by atoms with Gasteiger partial charge >= 0.3 is 6.09 Å². The van der Waals surface area contributed by atoms with Gasteiger partial charge in [0.25, 0.3) is 0 Å². The van der Waals surface area contributed by atoms with Crippen LogP contribution in [0.15, 0.2) is 18.5 Å². The highest BCUT2D eigenvalue weighted by Crippen LogP contribution is 2.22. The Morgan fingerprint density at radius 2 is 2.05 bits per heavy atom. The minimum absolute atomic E-state index is 0.156. The van der Waals surface area contributed by atoms with Gasteiger partial charge in [-0.25, -0.2) is 4.79 Å². The van der Waals surface area contributed by atoms with Crippen LogP contribution in [0.1, 0.15) is 33.6 Å². The fourth-order valence-corrected chi connectivity index (χ4v) is 2.50. The van der Waals surface area contributed by atoms with Crippen molar-refractivity contribution >= 4 is 23.4 Å². The van der Waals surface area contributed by atoms with Crippen molar-refractivity contribution in [2.45, 2.75) is 45.3 Å². The molecule has 1 aliphatic heterocycles. The molecule has 1 fully saturated rings. The number of pyridine rings is 1. The molecule has 6 heteroatoms. The number of hydrogen-bond acceptors (Lipinski definition) is 4. The van der Waals surface area contributed by atoms with Crippen LogP contribution in [0, 0.1) is 0 Å². The lowest BCUT2D eigenvalue weighted by molar-refractivity contribution is 0.0497. The third-order valence-electron chi connectivity index (χ3n) is 3.27. The minimum Gasteiger partial charge on any atom is -0.444 e. The van der Waals surface area contributed by atoms with Gasteiger partial charge in [-0.2, -0.15) is 0 Å². The number of carbonyl (C=O) groups excluding carboxylic acids is 1. The van der Waals surface area contributed by atoms with E-state index in [2.05, 4.69) is 15.2 Å². The highest BCUT2D eigenvalue weighted by molar-refractivity contribution is 6.30. The summed E-state index contributed by atoms with van der Waals surface area (Å²) < 4.78 is 5.28. The van der Waals surface area contributed by atoms with Gasteiger partial charge < -0.3 is 15.0 Å². The summed E-state index contributed by atoms with van der Waals surface area (Å²) in [7, 11) is 0. The van der Waals surface area contributed by atoms with E-state index in [9.17, 15) is 4.79 Å². The molecule has 0 aromatic carbocycles. The Morgan fingerprint density at radius 3 is 2.62 bits per heavy atom. The van der Waals surface area contributed by atoms with Gasteiger partial charge in [0, 0.05) is 25.3 Å². The molecule has 0 atom stereocenters. The molecule has 1 aromatic rings. The third kappa shape index (κ3) is 5.08. The maximum atomic E-state index is 11.7. The van der Waals surface area contributed by atoms with Crippen molar-refractivity contribution in [3.63, 3.8) is 0 Å². The molecule has 0 saturated carbocycles. The van der Waals surface area contributed by atoms with E-state index in [1.165, 1.54) is 0 Å². The smallest absolute Gasteiger partial charge is 0.407 e. The van der Waals surface area contributed by atoms with Crippen LogP contribution in [0.3, 0.4) is 0 Å². The highest BCUT2D eigenvalue weighted by Gasteiger charge is 2.23. The molecule has 0 unspecified atom stereocenters. The van der Waals surface area contributed by atoms with Crippen molar-refractivity contribution < 1.29 is 9.53 Å². The third-order valence-corrected chi connectivity index (χ3v) is 3.48. The van der Waals surface area contributed by atoms with E-state index in [4.69, 9.17) is 16.3 Å². The molecule has 116 valence electrons. The predicted molar refractivity (Wildman–Crippen MR) is 83.9 cm³/mol. The lowest BCUT2D eigenvalue weighted by Gasteiger charge is -2.34. The van der Waals surface area contributed by atoms with Crippen LogP contribution in [0.25, 0.3) is 0 Å². The predicted octanol–water partition coefficient (Wildman–Crippen LogP) is 3.23. The maximum absolute atomic E-state index is 11.7. The van der Waals surface area contributed by atoms with Crippen LogP contribution in [0.4, 0.5) is 10.5 Å². The number of piperidine rings is 1. The number of aromatic nitrogens is 1. The second kappa shape index (κ2) is 6.52. The Morgan fingerprint density at radius 1 is 1.38 bits per heavy atom. The molecular weight excluding hydrogens is 290 g/mol. The molecule has 1 saturated heterocycles. The van der Waals surface area contributed by atoms with Crippen LogP contribution >= 0.6 is 11.6 Å². The molecule has 2 heterocycles. The van der Waals surface area contributed by atoms with E-state index in [1.54, 1.807) is 6.20 Å². The highest BCUT2D eigenvalue weighted by atomic mass is 35.5. The van der Waals surface area contributed by atoms with Crippen molar-refractivity contribution in [3.8, 4) is 0 Å². The molecular formula is C15H22ClN3O2.